The van der Waals surface area contributed by atoms with Gasteiger partial charge in [0.25, 0.3) is 0 Å². The largest absolute Gasteiger partial charge is 0.490 e. The van der Waals surface area contributed by atoms with E-state index in [1.54, 1.807) is 0 Å². The first-order valence-corrected chi connectivity index (χ1v) is 12.2. The monoisotopic (exact) mass is 426 g/mol. The van der Waals surface area contributed by atoms with Gasteiger partial charge in [-0.25, -0.2) is 8.42 Å². The fourth-order valence-electron chi connectivity index (χ4n) is 3.30. The number of benzene rings is 1. The number of hydrogen-bond donors (Lipinski definition) is 0. The molecule has 2 saturated heterocycles. The summed E-state index contributed by atoms with van der Waals surface area (Å²) in [7, 11) is -3.10. The molecule has 2 aliphatic heterocycles. The lowest BCUT2D eigenvalue weighted by Gasteiger charge is -2.25. The van der Waals surface area contributed by atoms with E-state index in [1.165, 1.54) is 18.7 Å². The molecule has 1 amide bonds. The molecule has 0 aromatic heterocycles. The summed E-state index contributed by atoms with van der Waals surface area (Å²) >= 11 is 1.36. The summed E-state index contributed by atoms with van der Waals surface area (Å²) in [6, 6.07) is 5.31. The van der Waals surface area contributed by atoms with E-state index in [-0.39, 0.29) is 28.7 Å². The van der Waals surface area contributed by atoms with Gasteiger partial charge in [-0.3, -0.25) is 4.79 Å². The minimum absolute atomic E-state index is 0.0564. The summed E-state index contributed by atoms with van der Waals surface area (Å²) < 4.78 is 35.9. The van der Waals surface area contributed by atoms with Crippen molar-refractivity contribution in [2.75, 3.05) is 29.6 Å². The summed E-state index contributed by atoms with van der Waals surface area (Å²) in [5, 5.41) is 0.417. The molecule has 0 aliphatic carbocycles. The van der Waals surface area contributed by atoms with E-state index in [4.69, 9.17) is 9.47 Å². The van der Waals surface area contributed by atoms with Gasteiger partial charge in [0.2, 0.25) is 5.91 Å². The van der Waals surface area contributed by atoms with Crippen LogP contribution in [0.4, 0.5) is 5.69 Å². The normalized spacial score (nSPS) is 24.4. The zero-order chi connectivity index (χ0) is 20.3. The number of aliphatic imine (C=N–C) groups is 1. The first kappa shape index (κ1) is 21.0. The number of carbonyl (C=O) groups excluding carboxylic acids is 1. The number of hydrogen-bond acceptors (Lipinski definition) is 6. The van der Waals surface area contributed by atoms with Crippen molar-refractivity contribution in [1.29, 1.82) is 0 Å². The smallest absolute Gasteiger partial charge is 0.244 e. The number of rotatable bonds is 7. The highest BCUT2D eigenvalue weighted by Gasteiger charge is 2.49. The Bertz CT molecular complexity index is 869. The first-order chi connectivity index (χ1) is 13.3. The van der Waals surface area contributed by atoms with E-state index < -0.39 is 9.84 Å². The molecule has 0 saturated carbocycles. The fraction of sp³-hybridized carbons (Fsp3) is 0.579. The number of amidine groups is 1. The molecule has 2 aliphatic rings. The van der Waals surface area contributed by atoms with Crippen LogP contribution < -0.4 is 14.4 Å². The third-order valence-corrected chi connectivity index (χ3v) is 7.66. The second-order valence-electron chi connectivity index (χ2n) is 6.91. The van der Waals surface area contributed by atoms with E-state index in [1.807, 2.05) is 36.9 Å². The minimum atomic E-state index is -3.10. The topological polar surface area (TPSA) is 85.3 Å². The van der Waals surface area contributed by atoms with Crippen LogP contribution >= 0.6 is 11.8 Å². The Hall–Kier alpha value is -1.74. The molecule has 2 fully saturated rings. The Balaban J connectivity index is 1.98. The van der Waals surface area contributed by atoms with Crippen molar-refractivity contribution in [3.05, 3.63) is 18.2 Å². The number of ether oxygens (including phenoxy) is 2. The highest BCUT2D eigenvalue weighted by Crippen LogP contribution is 2.43. The third-order valence-electron chi connectivity index (χ3n) is 4.45. The Labute approximate surface area is 170 Å². The SMILES string of the molecule is CCCOc1ccc(N2C(=NC(C)=O)SC3CS(=O)(=O)CC32)cc1OCCC. The van der Waals surface area contributed by atoms with Gasteiger partial charge in [-0.05, 0) is 25.0 Å². The van der Waals surface area contributed by atoms with Gasteiger partial charge >= 0.3 is 0 Å². The van der Waals surface area contributed by atoms with Gasteiger partial charge in [-0.1, -0.05) is 25.6 Å². The molecule has 1 aromatic carbocycles. The number of nitrogens with zero attached hydrogens (tertiary/aromatic N) is 2. The van der Waals surface area contributed by atoms with Gasteiger partial charge < -0.3 is 14.4 Å². The molecular weight excluding hydrogens is 400 g/mol. The molecule has 2 unspecified atom stereocenters. The molecule has 28 heavy (non-hydrogen) atoms. The molecule has 3 rings (SSSR count). The van der Waals surface area contributed by atoms with E-state index in [0.717, 1.165) is 18.5 Å². The molecule has 0 N–H and O–H groups in total. The third kappa shape index (κ3) is 4.63. The second-order valence-corrected chi connectivity index (χ2v) is 10.3. The molecule has 0 radical (unpaired) electrons. The molecule has 154 valence electrons. The molecule has 0 spiro atoms. The van der Waals surface area contributed by atoms with Gasteiger partial charge in [0.05, 0.1) is 30.8 Å². The lowest BCUT2D eigenvalue weighted by atomic mass is 10.2. The van der Waals surface area contributed by atoms with Crippen LogP contribution in [0, 0.1) is 0 Å². The number of amides is 1. The number of fused-ring (bicyclic) bond motifs is 1. The van der Waals surface area contributed by atoms with Crippen molar-refractivity contribution in [3.8, 4) is 11.5 Å². The van der Waals surface area contributed by atoms with Crippen molar-refractivity contribution < 1.29 is 22.7 Å². The van der Waals surface area contributed by atoms with E-state index in [9.17, 15) is 13.2 Å². The fourth-order valence-corrected chi connectivity index (χ4v) is 7.26. The van der Waals surface area contributed by atoms with E-state index in [2.05, 4.69) is 4.99 Å². The maximum atomic E-state index is 12.1. The average Bonchev–Trinajstić information content (AvgIpc) is 3.08. The second kappa shape index (κ2) is 8.73. The quantitative estimate of drug-likeness (QED) is 0.663. The van der Waals surface area contributed by atoms with Crippen LogP contribution in [0.1, 0.15) is 33.6 Å². The van der Waals surface area contributed by atoms with Gasteiger partial charge in [0.15, 0.2) is 26.5 Å². The summed E-state index contributed by atoms with van der Waals surface area (Å²) in [6.45, 7) is 6.59. The van der Waals surface area contributed by atoms with Crippen LogP contribution in [0.25, 0.3) is 0 Å². The van der Waals surface area contributed by atoms with Gasteiger partial charge in [0, 0.05) is 23.9 Å². The summed E-state index contributed by atoms with van der Waals surface area (Å²) in [6.07, 6.45) is 1.74. The molecule has 1 aromatic rings. The minimum Gasteiger partial charge on any atom is -0.490 e. The van der Waals surface area contributed by atoms with Crippen LogP contribution in [0.2, 0.25) is 0 Å². The molecule has 0 bridgehead atoms. The number of carbonyl (C=O) groups is 1. The van der Waals surface area contributed by atoms with Crippen molar-refractivity contribution in [3.63, 3.8) is 0 Å². The summed E-state index contributed by atoms with van der Waals surface area (Å²) in [4.78, 5) is 17.6. The summed E-state index contributed by atoms with van der Waals surface area (Å²) in [5.41, 5.74) is 0.757. The Kier molecular flexibility index (Phi) is 6.54. The molecular formula is C19H26N2O5S2. The lowest BCUT2D eigenvalue weighted by Crippen LogP contribution is -2.37. The Morgan fingerprint density at radius 2 is 1.86 bits per heavy atom. The van der Waals surface area contributed by atoms with Gasteiger partial charge in [0.1, 0.15) is 0 Å². The molecule has 7 nitrogen and oxygen atoms in total. The zero-order valence-corrected chi connectivity index (χ0v) is 18.0. The van der Waals surface area contributed by atoms with Crippen LogP contribution in [-0.4, -0.2) is 55.5 Å². The van der Waals surface area contributed by atoms with E-state index in [0.29, 0.717) is 29.9 Å². The van der Waals surface area contributed by atoms with E-state index >= 15 is 0 Å². The Morgan fingerprint density at radius 1 is 1.18 bits per heavy atom. The van der Waals surface area contributed by atoms with Crippen LogP contribution in [0.15, 0.2) is 23.2 Å². The van der Waals surface area contributed by atoms with Crippen molar-refractivity contribution >= 4 is 38.4 Å². The number of thioether (sulfide) groups is 1. The predicted molar refractivity (Wildman–Crippen MR) is 112 cm³/mol. The van der Waals surface area contributed by atoms with Crippen LogP contribution in [0.3, 0.4) is 0 Å². The molecule has 9 heteroatoms. The lowest BCUT2D eigenvalue weighted by molar-refractivity contribution is -0.115. The maximum Gasteiger partial charge on any atom is 0.244 e. The van der Waals surface area contributed by atoms with Crippen molar-refractivity contribution in [2.24, 2.45) is 4.99 Å². The van der Waals surface area contributed by atoms with Crippen LogP contribution in [0.5, 0.6) is 11.5 Å². The van der Waals surface area contributed by atoms with Gasteiger partial charge in [-0.15, -0.1) is 0 Å². The molecule has 2 atom stereocenters. The van der Waals surface area contributed by atoms with Crippen molar-refractivity contribution in [2.45, 2.75) is 44.9 Å². The standard InChI is InChI=1S/C19H26N2O5S2/c1-4-8-25-16-7-6-14(10-17(16)26-9-5-2)21-15-11-28(23,24)12-18(15)27-19(21)20-13(3)22/h6-7,10,15,18H,4-5,8-9,11-12H2,1-3H3. The zero-order valence-electron chi connectivity index (χ0n) is 16.4. The van der Waals surface area contributed by atoms with Gasteiger partial charge in [-0.2, -0.15) is 4.99 Å². The highest BCUT2D eigenvalue weighted by atomic mass is 32.2. The predicted octanol–water partition coefficient (Wildman–Crippen LogP) is 2.89. The van der Waals surface area contributed by atoms with Crippen LogP contribution in [-0.2, 0) is 14.6 Å². The summed E-state index contributed by atoms with van der Waals surface area (Å²) in [5.74, 6) is 1.13. The van der Waals surface area contributed by atoms with Crippen molar-refractivity contribution in [1.82, 2.24) is 0 Å². The maximum absolute atomic E-state index is 12.1. The number of sulfone groups is 1. The average molecular weight is 427 g/mol. The molecule has 2 heterocycles. The number of anilines is 1. The Morgan fingerprint density at radius 3 is 2.50 bits per heavy atom. The first-order valence-electron chi connectivity index (χ1n) is 9.49. The highest BCUT2D eigenvalue weighted by molar-refractivity contribution is 8.16.